The number of methoxy groups -OCH3 is 1. The highest BCUT2D eigenvalue weighted by molar-refractivity contribution is 5.73. The van der Waals surface area contributed by atoms with Gasteiger partial charge in [-0.1, -0.05) is 6.07 Å². The van der Waals surface area contributed by atoms with Crippen molar-refractivity contribution in [2.45, 2.75) is 19.1 Å². The number of halogens is 3. The number of nitrogens with zero attached hydrogens (tertiary/aromatic N) is 1. The molecule has 4 nitrogen and oxygen atoms in total. The summed E-state index contributed by atoms with van der Waals surface area (Å²) in [5.74, 6) is -0.640. The molecule has 7 heteroatoms. The molecule has 0 aliphatic heterocycles. The van der Waals surface area contributed by atoms with Crippen LogP contribution in [0.15, 0.2) is 12.1 Å². The Morgan fingerprint density at radius 1 is 1.42 bits per heavy atom. The minimum Gasteiger partial charge on any atom is -0.469 e. The van der Waals surface area contributed by atoms with Crippen LogP contribution < -0.4 is 5.73 Å². The third-order valence-electron chi connectivity index (χ3n) is 2.54. The maximum Gasteiger partial charge on any atom is 0.416 e. The predicted molar refractivity (Wildman–Crippen MR) is 59.8 cm³/mol. The van der Waals surface area contributed by atoms with Crippen molar-refractivity contribution in [1.29, 1.82) is 5.26 Å². The zero-order valence-corrected chi connectivity index (χ0v) is 10.0. The first-order valence-corrected chi connectivity index (χ1v) is 5.23. The van der Waals surface area contributed by atoms with Gasteiger partial charge in [-0.25, -0.2) is 0 Å². The number of hydrogen-bond donors (Lipinski definition) is 1. The number of alkyl halides is 3. The van der Waals surface area contributed by atoms with Crippen LogP contribution in [0, 0.1) is 11.3 Å². The SMILES string of the molecule is COC(=O)Cc1cc(CN)c(C(F)(F)F)cc1C#N. The van der Waals surface area contributed by atoms with E-state index < -0.39 is 17.7 Å². The van der Waals surface area contributed by atoms with Gasteiger partial charge in [0.25, 0.3) is 0 Å². The molecule has 1 aromatic rings. The molecule has 102 valence electrons. The van der Waals surface area contributed by atoms with Crippen molar-refractivity contribution >= 4 is 5.97 Å². The van der Waals surface area contributed by atoms with Gasteiger partial charge in [-0.15, -0.1) is 0 Å². The molecule has 0 unspecified atom stereocenters. The number of nitrogens with two attached hydrogens (primary N) is 1. The number of esters is 1. The molecular weight excluding hydrogens is 261 g/mol. The second kappa shape index (κ2) is 5.71. The first-order chi connectivity index (χ1) is 8.83. The molecule has 0 heterocycles. The highest BCUT2D eigenvalue weighted by atomic mass is 19.4. The summed E-state index contributed by atoms with van der Waals surface area (Å²) in [5, 5.41) is 8.86. The molecule has 0 bridgehead atoms. The summed E-state index contributed by atoms with van der Waals surface area (Å²) in [7, 11) is 1.16. The quantitative estimate of drug-likeness (QED) is 0.850. The molecule has 0 atom stereocenters. The van der Waals surface area contributed by atoms with Crippen LogP contribution >= 0.6 is 0 Å². The van der Waals surface area contributed by atoms with Crippen molar-refractivity contribution in [3.8, 4) is 6.07 Å². The largest absolute Gasteiger partial charge is 0.469 e. The third-order valence-corrected chi connectivity index (χ3v) is 2.54. The Morgan fingerprint density at radius 3 is 2.47 bits per heavy atom. The summed E-state index contributed by atoms with van der Waals surface area (Å²) in [5.41, 5.74) is 4.11. The molecule has 0 saturated carbocycles. The van der Waals surface area contributed by atoms with Crippen molar-refractivity contribution in [2.24, 2.45) is 5.73 Å². The fraction of sp³-hybridized carbons (Fsp3) is 0.333. The lowest BCUT2D eigenvalue weighted by Crippen LogP contribution is -2.15. The standard InChI is InChI=1S/C12H11F3N2O2/c1-19-11(18)4-7-2-9(6-17)10(12(13,14)15)3-8(7)5-16/h2-3H,4,6,17H2,1H3. The van der Waals surface area contributed by atoms with Crippen molar-refractivity contribution in [2.75, 3.05) is 7.11 Å². The minimum absolute atomic E-state index is 0.162. The number of hydrogen-bond acceptors (Lipinski definition) is 4. The van der Waals surface area contributed by atoms with Gasteiger partial charge in [0, 0.05) is 6.54 Å². The van der Waals surface area contributed by atoms with Gasteiger partial charge in [0.1, 0.15) is 0 Å². The number of carbonyl (C=O) groups is 1. The van der Waals surface area contributed by atoms with Gasteiger partial charge in [-0.3, -0.25) is 4.79 Å². The predicted octanol–water partition coefficient (Wildman–Crippen LogP) is 1.75. The summed E-state index contributed by atoms with van der Waals surface area (Å²) in [4.78, 5) is 11.1. The second-order valence-corrected chi connectivity index (χ2v) is 3.73. The van der Waals surface area contributed by atoms with E-state index in [4.69, 9.17) is 11.0 Å². The molecule has 0 amide bonds. The maximum absolute atomic E-state index is 12.8. The Balaban J connectivity index is 3.36. The zero-order chi connectivity index (χ0) is 14.6. The van der Waals surface area contributed by atoms with E-state index in [-0.39, 0.29) is 29.7 Å². The van der Waals surface area contributed by atoms with E-state index in [1.807, 2.05) is 0 Å². The molecule has 0 spiro atoms. The average molecular weight is 272 g/mol. The lowest BCUT2D eigenvalue weighted by atomic mass is 9.96. The van der Waals surface area contributed by atoms with E-state index in [0.29, 0.717) is 6.07 Å². The fourth-order valence-corrected chi connectivity index (χ4v) is 1.61. The van der Waals surface area contributed by atoms with Gasteiger partial charge in [0.2, 0.25) is 0 Å². The van der Waals surface area contributed by atoms with E-state index >= 15 is 0 Å². The Bertz CT molecular complexity index is 533. The monoisotopic (exact) mass is 272 g/mol. The molecule has 19 heavy (non-hydrogen) atoms. The maximum atomic E-state index is 12.8. The molecule has 0 fully saturated rings. The Labute approximate surface area is 107 Å². The zero-order valence-electron chi connectivity index (χ0n) is 10.0. The topological polar surface area (TPSA) is 76.1 Å². The molecule has 0 saturated heterocycles. The lowest BCUT2D eigenvalue weighted by molar-refractivity contribution is -0.139. The van der Waals surface area contributed by atoms with Crippen molar-refractivity contribution < 1.29 is 22.7 Å². The number of benzene rings is 1. The smallest absolute Gasteiger partial charge is 0.416 e. The van der Waals surface area contributed by atoms with Crippen LogP contribution in [0.4, 0.5) is 13.2 Å². The van der Waals surface area contributed by atoms with E-state index in [9.17, 15) is 18.0 Å². The Hall–Kier alpha value is -2.07. The summed E-state index contributed by atoms with van der Waals surface area (Å²) < 4.78 is 42.7. The summed E-state index contributed by atoms with van der Waals surface area (Å²) in [6, 6.07) is 3.47. The molecule has 2 N–H and O–H groups in total. The average Bonchev–Trinajstić information content (AvgIpc) is 2.36. The van der Waals surface area contributed by atoms with Gasteiger partial charge >= 0.3 is 12.1 Å². The normalized spacial score (nSPS) is 10.9. The van der Waals surface area contributed by atoms with Crippen LogP contribution in [0.25, 0.3) is 0 Å². The summed E-state index contributed by atoms with van der Waals surface area (Å²) in [6.07, 6.45) is -4.87. The second-order valence-electron chi connectivity index (χ2n) is 3.73. The summed E-state index contributed by atoms with van der Waals surface area (Å²) in [6.45, 7) is -0.339. The van der Waals surface area contributed by atoms with Crippen LogP contribution in [0.2, 0.25) is 0 Å². The molecule has 1 aromatic carbocycles. The molecule has 1 rings (SSSR count). The molecule has 0 aromatic heterocycles. The van der Waals surface area contributed by atoms with Gasteiger partial charge < -0.3 is 10.5 Å². The van der Waals surface area contributed by atoms with Gasteiger partial charge in [-0.2, -0.15) is 18.4 Å². The molecular formula is C12H11F3N2O2. The van der Waals surface area contributed by atoms with E-state index in [0.717, 1.165) is 13.2 Å². The van der Waals surface area contributed by atoms with E-state index in [1.54, 1.807) is 6.07 Å². The van der Waals surface area contributed by atoms with Crippen molar-refractivity contribution in [1.82, 2.24) is 0 Å². The first-order valence-electron chi connectivity index (χ1n) is 5.23. The number of rotatable bonds is 3. The van der Waals surface area contributed by atoms with Crippen molar-refractivity contribution in [3.63, 3.8) is 0 Å². The van der Waals surface area contributed by atoms with Gasteiger partial charge in [-0.05, 0) is 17.2 Å². The molecule has 0 aliphatic rings. The highest BCUT2D eigenvalue weighted by Crippen LogP contribution is 2.33. The van der Waals surface area contributed by atoms with E-state index in [1.165, 1.54) is 0 Å². The van der Waals surface area contributed by atoms with E-state index in [2.05, 4.69) is 4.74 Å². The summed E-state index contributed by atoms with van der Waals surface area (Å²) >= 11 is 0. The van der Waals surface area contributed by atoms with Crippen LogP contribution in [-0.4, -0.2) is 13.1 Å². The first kappa shape index (κ1) is 15.0. The lowest BCUT2D eigenvalue weighted by Gasteiger charge is -2.14. The Morgan fingerprint density at radius 2 is 2.05 bits per heavy atom. The number of carbonyl (C=O) groups excluding carboxylic acids is 1. The van der Waals surface area contributed by atoms with Crippen LogP contribution in [0.3, 0.4) is 0 Å². The Kier molecular flexibility index (Phi) is 4.51. The van der Waals surface area contributed by atoms with Crippen LogP contribution in [0.5, 0.6) is 0 Å². The highest BCUT2D eigenvalue weighted by Gasteiger charge is 2.34. The van der Waals surface area contributed by atoms with Crippen LogP contribution in [0.1, 0.15) is 22.3 Å². The fourth-order valence-electron chi connectivity index (χ4n) is 1.61. The van der Waals surface area contributed by atoms with Gasteiger partial charge in [0.15, 0.2) is 0 Å². The molecule has 0 radical (unpaired) electrons. The van der Waals surface area contributed by atoms with Crippen molar-refractivity contribution in [3.05, 3.63) is 34.4 Å². The number of ether oxygens (including phenoxy) is 1. The number of nitriles is 1. The molecule has 0 aliphatic carbocycles. The van der Waals surface area contributed by atoms with Crippen LogP contribution in [-0.2, 0) is 28.7 Å². The van der Waals surface area contributed by atoms with Gasteiger partial charge in [0.05, 0.1) is 30.7 Å². The minimum atomic E-state index is -4.59. The third kappa shape index (κ3) is 3.45.